The van der Waals surface area contributed by atoms with Crippen molar-refractivity contribution in [3.63, 3.8) is 0 Å². The maximum Gasteiger partial charge on any atom is 0.414 e. The van der Waals surface area contributed by atoms with Gasteiger partial charge in [-0.25, -0.2) is 9.18 Å². The van der Waals surface area contributed by atoms with Crippen molar-refractivity contribution in [2.75, 3.05) is 22.6 Å². The predicted molar refractivity (Wildman–Crippen MR) is 115 cm³/mol. The van der Waals surface area contributed by atoms with Gasteiger partial charge in [0.05, 0.1) is 23.5 Å². The van der Waals surface area contributed by atoms with Crippen molar-refractivity contribution in [2.45, 2.75) is 44.7 Å². The van der Waals surface area contributed by atoms with Crippen LogP contribution in [0.4, 0.5) is 20.6 Å². The fourth-order valence-corrected chi connectivity index (χ4v) is 3.96. The van der Waals surface area contributed by atoms with Gasteiger partial charge in [0.1, 0.15) is 5.82 Å². The SMILES string of the molecule is CSc1ccc(-c2cc3c(cc2F)N(C(C)=O)C(C)CN3C(=O)OC(C)C)cc1. The highest BCUT2D eigenvalue weighted by Gasteiger charge is 2.35. The Balaban J connectivity index is 2.14. The summed E-state index contributed by atoms with van der Waals surface area (Å²) in [6.07, 6.45) is 1.18. The van der Waals surface area contributed by atoms with Crippen LogP contribution in [0.2, 0.25) is 0 Å². The number of ether oxygens (including phenoxy) is 1. The van der Waals surface area contributed by atoms with Crippen LogP contribution < -0.4 is 9.80 Å². The zero-order valence-electron chi connectivity index (χ0n) is 17.2. The topological polar surface area (TPSA) is 49.9 Å². The lowest BCUT2D eigenvalue weighted by molar-refractivity contribution is -0.117. The number of hydrogen-bond donors (Lipinski definition) is 0. The highest BCUT2D eigenvalue weighted by molar-refractivity contribution is 7.98. The molecule has 1 aliphatic rings. The van der Waals surface area contributed by atoms with Crippen molar-refractivity contribution in [1.29, 1.82) is 0 Å². The van der Waals surface area contributed by atoms with Crippen molar-refractivity contribution < 1.29 is 18.7 Å². The molecule has 1 aliphatic heterocycles. The molecule has 2 aromatic carbocycles. The summed E-state index contributed by atoms with van der Waals surface area (Å²) in [7, 11) is 0. The van der Waals surface area contributed by atoms with E-state index in [1.54, 1.807) is 31.7 Å². The number of thioether (sulfide) groups is 1. The Morgan fingerprint density at radius 2 is 1.83 bits per heavy atom. The van der Waals surface area contributed by atoms with Crippen LogP contribution in [0.5, 0.6) is 0 Å². The zero-order valence-corrected chi connectivity index (χ0v) is 18.0. The van der Waals surface area contributed by atoms with Gasteiger partial charge < -0.3 is 9.64 Å². The molecule has 0 radical (unpaired) electrons. The molecule has 0 saturated carbocycles. The first-order chi connectivity index (χ1) is 13.7. The van der Waals surface area contributed by atoms with Gasteiger partial charge in [0, 0.05) is 30.0 Å². The molecule has 154 valence electrons. The molecule has 29 heavy (non-hydrogen) atoms. The smallest absolute Gasteiger partial charge is 0.414 e. The predicted octanol–water partition coefficient (Wildman–Crippen LogP) is 5.32. The van der Waals surface area contributed by atoms with Crippen LogP contribution in [0, 0.1) is 5.82 Å². The first-order valence-electron chi connectivity index (χ1n) is 9.48. The highest BCUT2D eigenvalue weighted by atomic mass is 32.2. The van der Waals surface area contributed by atoms with E-state index < -0.39 is 11.9 Å². The van der Waals surface area contributed by atoms with Crippen molar-refractivity contribution in [2.24, 2.45) is 0 Å². The summed E-state index contributed by atoms with van der Waals surface area (Å²) >= 11 is 1.61. The Morgan fingerprint density at radius 3 is 2.38 bits per heavy atom. The normalized spacial score (nSPS) is 16.0. The van der Waals surface area contributed by atoms with Gasteiger partial charge in [-0.05, 0) is 50.8 Å². The molecule has 3 rings (SSSR count). The Labute approximate surface area is 174 Å². The van der Waals surface area contributed by atoms with Gasteiger partial charge >= 0.3 is 6.09 Å². The van der Waals surface area contributed by atoms with E-state index in [4.69, 9.17) is 4.74 Å². The average Bonchev–Trinajstić information content (AvgIpc) is 2.66. The monoisotopic (exact) mass is 416 g/mol. The Kier molecular flexibility index (Phi) is 6.17. The Hall–Kier alpha value is -2.54. The molecule has 0 aromatic heterocycles. The van der Waals surface area contributed by atoms with Crippen molar-refractivity contribution >= 4 is 35.1 Å². The maximum absolute atomic E-state index is 15.1. The van der Waals surface area contributed by atoms with Gasteiger partial charge in [-0.2, -0.15) is 0 Å². The second-order valence-electron chi connectivity index (χ2n) is 7.33. The minimum Gasteiger partial charge on any atom is -0.446 e. The number of carbonyl (C=O) groups excluding carboxylic acids is 2. The maximum atomic E-state index is 15.1. The number of nitrogens with zero attached hydrogens (tertiary/aromatic N) is 2. The number of anilines is 2. The number of halogens is 1. The molecule has 5 nitrogen and oxygen atoms in total. The second-order valence-corrected chi connectivity index (χ2v) is 8.21. The Morgan fingerprint density at radius 1 is 1.17 bits per heavy atom. The molecule has 0 bridgehead atoms. The molecule has 2 aromatic rings. The Bertz CT molecular complexity index is 930. The van der Waals surface area contributed by atoms with Crippen LogP contribution in [-0.4, -0.2) is 36.9 Å². The summed E-state index contributed by atoms with van der Waals surface area (Å²) in [6, 6.07) is 10.2. The van der Waals surface area contributed by atoms with Gasteiger partial charge in [-0.3, -0.25) is 9.69 Å². The number of carbonyl (C=O) groups is 2. The molecule has 2 amide bonds. The first kappa shape index (κ1) is 21.2. The lowest BCUT2D eigenvalue weighted by Crippen LogP contribution is -2.51. The molecule has 1 unspecified atom stereocenters. The van der Waals surface area contributed by atoms with Crippen LogP contribution >= 0.6 is 11.8 Å². The van der Waals surface area contributed by atoms with E-state index in [0.717, 1.165) is 4.90 Å². The van der Waals surface area contributed by atoms with Gasteiger partial charge in [0.25, 0.3) is 0 Å². The highest BCUT2D eigenvalue weighted by Crippen LogP contribution is 2.41. The third kappa shape index (κ3) is 4.24. The third-order valence-corrected chi connectivity index (χ3v) is 5.54. The summed E-state index contributed by atoms with van der Waals surface area (Å²) in [5.41, 5.74) is 1.92. The van der Waals surface area contributed by atoms with Crippen LogP contribution in [0.1, 0.15) is 27.7 Å². The van der Waals surface area contributed by atoms with E-state index in [1.807, 2.05) is 37.4 Å². The van der Waals surface area contributed by atoms with Crippen LogP contribution in [-0.2, 0) is 9.53 Å². The molecular weight excluding hydrogens is 391 g/mol. The minimum absolute atomic E-state index is 0.202. The minimum atomic E-state index is -0.508. The van der Waals surface area contributed by atoms with Crippen molar-refractivity contribution in [3.8, 4) is 11.1 Å². The van der Waals surface area contributed by atoms with Crippen molar-refractivity contribution in [1.82, 2.24) is 0 Å². The number of amides is 2. The van der Waals surface area contributed by atoms with Gasteiger partial charge in [-0.1, -0.05) is 12.1 Å². The largest absolute Gasteiger partial charge is 0.446 e. The third-order valence-electron chi connectivity index (χ3n) is 4.80. The molecule has 0 saturated heterocycles. The van der Waals surface area contributed by atoms with Gasteiger partial charge in [0.15, 0.2) is 0 Å². The number of fused-ring (bicyclic) bond motifs is 1. The van der Waals surface area contributed by atoms with Crippen molar-refractivity contribution in [3.05, 3.63) is 42.2 Å². The van der Waals surface area contributed by atoms with Crippen LogP contribution in [0.15, 0.2) is 41.3 Å². The van der Waals surface area contributed by atoms with Gasteiger partial charge in [-0.15, -0.1) is 11.8 Å². The van der Waals surface area contributed by atoms with E-state index in [2.05, 4.69) is 0 Å². The second kappa shape index (κ2) is 8.45. The average molecular weight is 417 g/mol. The van der Waals surface area contributed by atoms with Crippen LogP contribution in [0.3, 0.4) is 0 Å². The van der Waals surface area contributed by atoms with E-state index >= 15 is 4.39 Å². The summed E-state index contributed by atoms with van der Waals surface area (Å²) in [6.45, 7) is 7.09. The standard InChI is InChI=1S/C22H25FN2O3S/c1-13(2)28-22(27)24-12-14(3)25(15(4)26)21-11-19(23)18(10-20(21)24)16-6-8-17(29-5)9-7-16/h6-11,13-14H,12H2,1-5H3. The van der Waals surface area contributed by atoms with E-state index in [9.17, 15) is 9.59 Å². The number of benzene rings is 2. The van der Waals surface area contributed by atoms with Gasteiger partial charge in [0.2, 0.25) is 5.91 Å². The molecular formula is C22H25FN2O3S. The molecule has 0 fully saturated rings. The van der Waals surface area contributed by atoms with E-state index in [1.165, 1.54) is 22.8 Å². The zero-order chi connectivity index (χ0) is 21.3. The lowest BCUT2D eigenvalue weighted by Gasteiger charge is -2.40. The summed E-state index contributed by atoms with van der Waals surface area (Å²) in [4.78, 5) is 29.0. The summed E-state index contributed by atoms with van der Waals surface area (Å²) in [5, 5.41) is 0. The molecule has 1 atom stereocenters. The lowest BCUT2D eigenvalue weighted by atomic mass is 10.00. The van der Waals surface area contributed by atoms with E-state index in [0.29, 0.717) is 22.5 Å². The quantitative estimate of drug-likeness (QED) is 0.636. The molecule has 0 N–H and O–H groups in total. The number of rotatable bonds is 3. The fourth-order valence-electron chi connectivity index (χ4n) is 3.55. The summed E-state index contributed by atoms with van der Waals surface area (Å²) < 4.78 is 20.5. The fraction of sp³-hybridized carbons (Fsp3) is 0.364. The molecule has 0 spiro atoms. The number of hydrogen-bond acceptors (Lipinski definition) is 4. The summed E-state index contributed by atoms with van der Waals surface area (Å²) in [5.74, 6) is -0.648. The van der Waals surface area contributed by atoms with Crippen LogP contribution in [0.25, 0.3) is 11.1 Å². The molecule has 1 heterocycles. The molecule has 0 aliphatic carbocycles. The molecule has 7 heteroatoms. The van der Waals surface area contributed by atoms with E-state index in [-0.39, 0.29) is 24.6 Å². The first-order valence-corrected chi connectivity index (χ1v) is 10.7.